The van der Waals surface area contributed by atoms with Crippen LogP contribution in [0.4, 0.5) is 0 Å². The van der Waals surface area contributed by atoms with E-state index in [2.05, 4.69) is 16.0 Å². The van der Waals surface area contributed by atoms with Gasteiger partial charge in [0.15, 0.2) is 6.29 Å². The van der Waals surface area contributed by atoms with Crippen LogP contribution in [0.25, 0.3) is 0 Å². The predicted molar refractivity (Wildman–Crippen MR) is 112 cm³/mol. The molecule has 6 N–H and O–H groups in total. The lowest BCUT2D eigenvalue weighted by atomic mass is 10.0. The van der Waals surface area contributed by atoms with Crippen LogP contribution in [0.5, 0.6) is 0 Å². The van der Waals surface area contributed by atoms with Gasteiger partial charge in [0.05, 0.1) is 25.9 Å². The minimum absolute atomic E-state index is 0.0583. The molecule has 11 heteroatoms. The predicted octanol–water partition coefficient (Wildman–Crippen LogP) is -1.75. The molecule has 1 fully saturated rings. The highest BCUT2D eigenvalue weighted by Crippen LogP contribution is 2.21. The molecule has 0 radical (unpaired) electrons. The standard InChI is InChI=1S/C20H39N3O8/c1-21-9-12-29-11-6-18(27)23-8-4-7-22-17(26)5-2-3-10-30-19-13-15(25)20(28)16(14-24)31-19/h15-16,19-21,24-25,28H,2-14H2,1H3,(H,22,26)(H,23,27). The lowest BCUT2D eigenvalue weighted by Crippen LogP contribution is -2.50. The van der Waals surface area contributed by atoms with Gasteiger partial charge in [0.2, 0.25) is 11.8 Å². The number of aliphatic hydroxyl groups excluding tert-OH is 3. The first-order valence-electron chi connectivity index (χ1n) is 11.0. The van der Waals surface area contributed by atoms with Crippen LogP contribution >= 0.6 is 0 Å². The average molecular weight is 450 g/mol. The van der Waals surface area contributed by atoms with Crippen LogP contribution in [0, 0.1) is 0 Å². The fourth-order valence-corrected chi connectivity index (χ4v) is 2.94. The molecule has 182 valence electrons. The maximum atomic E-state index is 11.8. The normalized spacial score (nSPS) is 23.5. The maximum absolute atomic E-state index is 11.8. The van der Waals surface area contributed by atoms with Crippen molar-refractivity contribution in [1.29, 1.82) is 0 Å². The minimum atomic E-state index is -1.12. The number of aliphatic hydroxyl groups is 3. The molecule has 0 aromatic carbocycles. The van der Waals surface area contributed by atoms with Crippen LogP contribution in [0.2, 0.25) is 0 Å². The molecule has 1 heterocycles. The van der Waals surface area contributed by atoms with E-state index in [4.69, 9.17) is 19.3 Å². The molecule has 0 aliphatic carbocycles. The van der Waals surface area contributed by atoms with E-state index in [0.29, 0.717) is 65.0 Å². The van der Waals surface area contributed by atoms with Crippen LogP contribution in [-0.4, -0.2) is 105 Å². The van der Waals surface area contributed by atoms with E-state index in [1.54, 1.807) is 0 Å². The van der Waals surface area contributed by atoms with Gasteiger partial charge in [-0.1, -0.05) is 0 Å². The third kappa shape index (κ3) is 13.0. The lowest BCUT2D eigenvalue weighted by molar-refractivity contribution is -0.256. The topological polar surface area (TPSA) is 159 Å². The summed E-state index contributed by atoms with van der Waals surface area (Å²) < 4.78 is 16.2. The Kier molecular flexibility index (Phi) is 15.4. The Labute approximate surface area is 183 Å². The second kappa shape index (κ2) is 17.2. The van der Waals surface area contributed by atoms with Gasteiger partial charge in [-0.15, -0.1) is 0 Å². The molecule has 1 saturated heterocycles. The first kappa shape index (κ1) is 27.7. The van der Waals surface area contributed by atoms with Gasteiger partial charge in [0.25, 0.3) is 0 Å². The van der Waals surface area contributed by atoms with Crippen LogP contribution < -0.4 is 16.0 Å². The summed E-state index contributed by atoms with van der Waals surface area (Å²) in [6, 6.07) is 0. The number of amides is 2. The summed E-state index contributed by atoms with van der Waals surface area (Å²) in [5, 5.41) is 37.1. The van der Waals surface area contributed by atoms with E-state index in [1.165, 1.54) is 0 Å². The van der Waals surface area contributed by atoms with Crippen molar-refractivity contribution in [2.45, 2.75) is 63.1 Å². The molecule has 0 saturated carbocycles. The Hall–Kier alpha value is -1.34. The molecule has 11 nitrogen and oxygen atoms in total. The Morgan fingerprint density at radius 1 is 0.968 bits per heavy atom. The fraction of sp³-hybridized carbons (Fsp3) is 0.900. The van der Waals surface area contributed by atoms with Gasteiger partial charge in [-0.25, -0.2) is 0 Å². The van der Waals surface area contributed by atoms with Crippen LogP contribution in [0.3, 0.4) is 0 Å². The molecule has 0 bridgehead atoms. The summed E-state index contributed by atoms with van der Waals surface area (Å²) in [5.74, 6) is -0.123. The van der Waals surface area contributed by atoms with Crippen molar-refractivity contribution in [2.24, 2.45) is 0 Å². The Morgan fingerprint density at radius 2 is 1.68 bits per heavy atom. The van der Waals surface area contributed by atoms with E-state index in [9.17, 15) is 19.8 Å². The number of unbranched alkanes of at least 4 members (excludes halogenated alkanes) is 1. The Morgan fingerprint density at radius 3 is 2.35 bits per heavy atom. The zero-order valence-electron chi connectivity index (χ0n) is 18.4. The fourth-order valence-electron chi connectivity index (χ4n) is 2.94. The first-order valence-corrected chi connectivity index (χ1v) is 11.0. The number of hydrogen-bond acceptors (Lipinski definition) is 9. The van der Waals surface area contributed by atoms with Crippen molar-refractivity contribution in [1.82, 2.24) is 16.0 Å². The van der Waals surface area contributed by atoms with Crippen molar-refractivity contribution in [2.75, 3.05) is 53.1 Å². The summed E-state index contributed by atoms with van der Waals surface area (Å²) in [6.45, 7) is 2.67. The van der Waals surface area contributed by atoms with Gasteiger partial charge in [-0.2, -0.15) is 0 Å². The zero-order valence-corrected chi connectivity index (χ0v) is 18.4. The summed E-state index contributed by atoms with van der Waals surface area (Å²) in [5.41, 5.74) is 0. The van der Waals surface area contributed by atoms with E-state index in [0.717, 1.165) is 6.54 Å². The summed E-state index contributed by atoms with van der Waals surface area (Å²) >= 11 is 0. The summed E-state index contributed by atoms with van der Waals surface area (Å²) in [4.78, 5) is 23.4. The second-order valence-corrected chi connectivity index (χ2v) is 7.43. The molecule has 1 aliphatic heterocycles. The SMILES string of the molecule is CNCCOCCC(=O)NCCCNC(=O)CCCCOC1CC(O)C(O)C(CO)O1. The molecule has 31 heavy (non-hydrogen) atoms. The Balaban J connectivity index is 1.94. The molecule has 1 aliphatic rings. The molecule has 4 atom stereocenters. The molecular weight excluding hydrogens is 410 g/mol. The third-order valence-corrected chi connectivity index (χ3v) is 4.79. The van der Waals surface area contributed by atoms with Crippen molar-refractivity contribution < 1.29 is 39.1 Å². The van der Waals surface area contributed by atoms with Gasteiger partial charge in [-0.3, -0.25) is 9.59 Å². The number of carbonyl (C=O) groups excluding carboxylic acids is 2. The third-order valence-electron chi connectivity index (χ3n) is 4.79. The molecule has 1 rings (SSSR count). The number of hydrogen-bond donors (Lipinski definition) is 6. The summed E-state index contributed by atoms with van der Waals surface area (Å²) in [6.07, 6.45) is -0.901. The van der Waals surface area contributed by atoms with Crippen molar-refractivity contribution in [3.63, 3.8) is 0 Å². The minimum Gasteiger partial charge on any atom is -0.394 e. The van der Waals surface area contributed by atoms with E-state index in [1.807, 2.05) is 7.05 Å². The average Bonchev–Trinajstić information content (AvgIpc) is 2.75. The zero-order chi connectivity index (χ0) is 22.9. The Bertz CT molecular complexity index is 497. The van der Waals surface area contributed by atoms with Gasteiger partial charge < -0.3 is 45.5 Å². The van der Waals surface area contributed by atoms with E-state index >= 15 is 0 Å². The molecule has 0 aromatic rings. The van der Waals surface area contributed by atoms with Crippen LogP contribution in [-0.2, 0) is 23.8 Å². The van der Waals surface area contributed by atoms with Gasteiger partial charge in [0.1, 0.15) is 12.2 Å². The number of ether oxygens (including phenoxy) is 3. The smallest absolute Gasteiger partial charge is 0.222 e. The number of carbonyl (C=O) groups is 2. The summed E-state index contributed by atoms with van der Waals surface area (Å²) in [7, 11) is 1.84. The van der Waals surface area contributed by atoms with Gasteiger partial charge in [0, 0.05) is 45.5 Å². The van der Waals surface area contributed by atoms with Crippen molar-refractivity contribution >= 4 is 11.8 Å². The quantitative estimate of drug-likeness (QED) is 0.142. The maximum Gasteiger partial charge on any atom is 0.222 e. The number of nitrogens with one attached hydrogen (secondary N) is 3. The largest absolute Gasteiger partial charge is 0.394 e. The van der Waals surface area contributed by atoms with Gasteiger partial charge in [-0.05, 0) is 26.3 Å². The highest BCUT2D eigenvalue weighted by molar-refractivity contribution is 5.76. The molecule has 4 unspecified atom stereocenters. The van der Waals surface area contributed by atoms with E-state index < -0.39 is 31.2 Å². The van der Waals surface area contributed by atoms with Crippen molar-refractivity contribution in [3.8, 4) is 0 Å². The second-order valence-electron chi connectivity index (χ2n) is 7.43. The first-order chi connectivity index (χ1) is 15.0. The monoisotopic (exact) mass is 449 g/mol. The lowest BCUT2D eigenvalue weighted by Gasteiger charge is -2.36. The van der Waals surface area contributed by atoms with Gasteiger partial charge >= 0.3 is 0 Å². The van der Waals surface area contributed by atoms with Crippen molar-refractivity contribution in [3.05, 3.63) is 0 Å². The molecule has 0 aromatic heterocycles. The van der Waals surface area contributed by atoms with Crippen LogP contribution in [0.15, 0.2) is 0 Å². The highest BCUT2D eigenvalue weighted by Gasteiger charge is 2.36. The molecular formula is C20H39N3O8. The number of likely N-dealkylation sites (N-methyl/N-ethyl adjacent to an activating group) is 1. The molecule has 2 amide bonds. The highest BCUT2D eigenvalue weighted by atomic mass is 16.7. The number of rotatable bonds is 17. The van der Waals surface area contributed by atoms with E-state index in [-0.39, 0.29) is 18.2 Å². The molecule has 0 spiro atoms. The van der Waals surface area contributed by atoms with Crippen LogP contribution in [0.1, 0.15) is 38.5 Å².